The molecule has 0 radical (unpaired) electrons. The van der Waals surface area contributed by atoms with E-state index in [0.29, 0.717) is 24.0 Å². The van der Waals surface area contributed by atoms with E-state index >= 15 is 0 Å². The molecule has 0 unspecified atom stereocenters. The average molecular weight is 634 g/mol. The molecule has 12 heteroatoms. The zero-order chi connectivity index (χ0) is 31.6. The van der Waals surface area contributed by atoms with Crippen molar-refractivity contribution in [3.63, 3.8) is 0 Å². The number of halogens is 1. The lowest BCUT2D eigenvalue weighted by molar-refractivity contribution is -0.136. The van der Waals surface area contributed by atoms with Gasteiger partial charge in [0.15, 0.2) is 11.2 Å². The lowest BCUT2D eigenvalue weighted by Gasteiger charge is -2.48. The molecule has 1 aliphatic carbocycles. The Morgan fingerprint density at radius 1 is 1.07 bits per heavy atom. The van der Waals surface area contributed by atoms with E-state index in [1.807, 2.05) is 9.58 Å². The molecular formula is C33H36ClN5O6. The molecule has 4 aromatic rings. The molecule has 1 atom stereocenters. The summed E-state index contributed by atoms with van der Waals surface area (Å²) in [5, 5.41) is 27.6. The van der Waals surface area contributed by atoms with E-state index in [4.69, 9.17) is 16.0 Å². The Balaban J connectivity index is 1.24. The number of piperidine rings is 1. The second kappa shape index (κ2) is 12.9. The number of rotatable bonds is 8. The molecule has 2 aliphatic rings. The second-order valence-electron chi connectivity index (χ2n) is 12.3. The molecule has 2 aromatic heterocycles. The first-order valence-corrected chi connectivity index (χ1v) is 15.7. The monoisotopic (exact) mass is 633 g/mol. The van der Waals surface area contributed by atoms with Crippen LogP contribution in [0.4, 0.5) is 0 Å². The van der Waals surface area contributed by atoms with Crippen LogP contribution in [0.25, 0.3) is 11.0 Å². The van der Waals surface area contributed by atoms with Crippen LogP contribution in [0, 0.1) is 11.3 Å². The third-order valence-corrected chi connectivity index (χ3v) is 9.71. The summed E-state index contributed by atoms with van der Waals surface area (Å²) in [4.78, 5) is 46.3. The molecular weight excluding hydrogens is 598 g/mol. The lowest BCUT2D eigenvalue weighted by atomic mass is 9.63. The Bertz CT molecular complexity index is 1730. The van der Waals surface area contributed by atoms with Crippen LogP contribution < -0.4 is 10.7 Å². The summed E-state index contributed by atoms with van der Waals surface area (Å²) in [7, 11) is 0. The van der Waals surface area contributed by atoms with E-state index in [1.165, 1.54) is 32.1 Å². The first kappa shape index (κ1) is 30.6. The Kier molecular flexibility index (Phi) is 8.80. The summed E-state index contributed by atoms with van der Waals surface area (Å²) in [6.07, 6.45) is 11.2. The van der Waals surface area contributed by atoms with Crippen molar-refractivity contribution in [3.05, 3.63) is 81.7 Å². The number of aromatic hydroxyl groups is 2. The van der Waals surface area contributed by atoms with Gasteiger partial charge in [-0.1, -0.05) is 43.0 Å². The predicted molar refractivity (Wildman–Crippen MR) is 167 cm³/mol. The second-order valence-corrected chi connectivity index (χ2v) is 12.7. The number of phenols is 2. The number of amides is 2. The summed E-state index contributed by atoms with van der Waals surface area (Å²) >= 11 is 6.09. The molecule has 1 aliphatic heterocycles. The molecule has 2 fully saturated rings. The molecule has 2 aromatic carbocycles. The summed E-state index contributed by atoms with van der Waals surface area (Å²) in [6.45, 7) is 1.85. The highest BCUT2D eigenvalue weighted by Gasteiger charge is 2.44. The number of benzene rings is 2. The topological polar surface area (TPSA) is 151 Å². The fourth-order valence-electron chi connectivity index (χ4n) is 7.09. The van der Waals surface area contributed by atoms with Crippen LogP contribution in [0.1, 0.15) is 61.1 Å². The van der Waals surface area contributed by atoms with E-state index < -0.39 is 23.1 Å². The van der Waals surface area contributed by atoms with Crippen molar-refractivity contribution in [3.8, 4) is 11.5 Å². The van der Waals surface area contributed by atoms with Gasteiger partial charge in [-0.05, 0) is 54.7 Å². The van der Waals surface area contributed by atoms with Gasteiger partial charge in [-0.2, -0.15) is 5.10 Å². The zero-order valence-corrected chi connectivity index (χ0v) is 25.6. The number of phenolic OH excluding ortho intramolecular Hbond substituents is 2. The van der Waals surface area contributed by atoms with Gasteiger partial charge in [0.2, 0.25) is 5.91 Å². The summed E-state index contributed by atoms with van der Waals surface area (Å²) in [5.74, 6) is -1.56. The fourth-order valence-corrected chi connectivity index (χ4v) is 7.22. The zero-order valence-electron chi connectivity index (χ0n) is 24.8. The number of fused-ring (bicyclic) bond motifs is 1. The van der Waals surface area contributed by atoms with E-state index in [0.717, 1.165) is 43.1 Å². The van der Waals surface area contributed by atoms with Gasteiger partial charge in [-0.3, -0.25) is 19.1 Å². The third-order valence-electron chi connectivity index (χ3n) is 9.46. The van der Waals surface area contributed by atoms with Gasteiger partial charge in [0.25, 0.3) is 5.91 Å². The Hall–Kier alpha value is -4.38. The molecule has 6 rings (SSSR count). The number of carbonyl (C=O) groups excluding carboxylic acids is 2. The van der Waals surface area contributed by atoms with Crippen LogP contribution in [-0.4, -0.2) is 60.8 Å². The van der Waals surface area contributed by atoms with Gasteiger partial charge in [0, 0.05) is 49.3 Å². The summed E-state index contributed by atoms with van der Waals surface area (Å²) in [5.41, 5.74) is 0.00794. The highest BCUT2D eigenvalue weighted by Crippen LogP contribution is 2.47. The fraction of sp³-hybridized carbons (Fsp3) is 0.424. The van der Waals surface area contributed by atoms with Crippen molar-refractivity contribution in [1.82, 2.24) is 25.0 Å². The van der Waals surface area contributed by atoms with Gasteiger partial charge in [0.1, 0.15) is 41.2 Å². The van der Waals surface area contributed by atoms with Crippen molar-refractivity contribution in [2.75, 3.05) is 13.1 Å². The molecule has 0 spiro atoms. The van der Waals surface area contributed by atoms with Gasteiger partial charge in [-0.25, -0.2) is 4.98 Å². The molecule has 45 heavy (non-hydrogen) atoms. The van der Waals surface area contributed by atoms with Gasteiger partial charge in [0.05, 0.1) is 0 Å². The van der Waals surface area contributed by atoms with E-state index in [1.54, 1.807) is 36.9 Å². The van der Waals surface area contributed by atoms with Crippen LogP contribution in [-0.2, 0) is 17.8 Å². The maximum atomic E-state index is 14.1. The minimum Gasteiger partial charge on any atom is -0.508 e. The minimum absolute atomic E-state index is 0.00540. The Morgan fingerprint density at radius 3 is 2.49 bits per heavy atom. The predicted octanol–water partition coefficient (Wildman–Crippen LogP) is 4.68. The average Bonchev–Trinajstić information content (AvgIpc) is 3.54. The summed E-state index contributed by atoms with van der Waals surface area (Å²) < 4.78 is 7.52. The number of likely N-dealkylation sites (tertiary alicyclic amines) is 1. The highest BCUT2D eigenvalue weighted by atomic mass is 35.5. The minimum atomic E-state index is -0.949. The van der Waals surface area contributed by atoms with Gasteiger partial charge < -0.3 is 24.8 Å². The standard InChI is InChI=1S/C33H36ClN5O6/c34-23-8-6-21(7-9-23)14-25(37-31(43)29-17-27(42)30-26(41)15-24(40)16-28(30)45-29)32(44)38-12-10-33(11-13-38,18-39-20-35-19-36-39)22-4-2-1-3-5-22/h6-9,15-17,19-20,22,25,40-41H,1-5,10-14,18H2,(H,37,43)/t25-/m1/s1. The first-order valence-electron chi connectivity index (χ1n) is 15.4. The number of carbonyl (C=O) groups is 2. The van der Waals surface area contributed by atoms with Crippen LogP contribution >= 0.6 is 11.6 Å². The quantitative estimate of drug-likeness (QED) is 0.253. The van der Waals surface area contributed by atoms with Crippen molar-refractivity contribution in [1.29, 1.82) is 0 Å². The summed E-state index contributed by atoms with van der Waals surface area (Å²) in [6, 6.07) is 9.26. The number of aromatic nitrogens is 3. The largest absolute Gasteiger partial charge is 0.508 e. The number of hydrogen-bond donors (Lipinski definition) is 3. The van der Waals surface area contributed by atoms with Crippen molar-refractivity contribution in [2.24, 2.45) is 11.3 Å². The smallest absolute Gasteiger partial charge is 0.287 e. The highest BCUT2D eigenvalue weighted by molar-refractivity contribution is 6.30. The number of nitrogens with one attached hydrogen (secondary N) is 1. The molecule has 11 nitrogen and oxygen atoms in total. The van der Waals surface area contributed by atoms with Crippen molar-refractivity contribution < 1.29 is 24.2 Å². The lowest BCUT2D eigenvalue weighted by Crippen LogP contribution is -2.54. The maximum absolute atomic E-state index is 14.1. The van der Waals surface area contributed by atoms with Crippen molar-refractivity contribution in [2.45, 2.75) is 64.0 Å². The molecule has 1 saturated carbocycles. The van der Waals surface area contributed by atoms with E-state index in [2.05, 4.69) is 15.4 Å². The molecule has 3 N–H and O–H groups in total. The van der Waals surface area contributed by atoms with Gasteiger partial charge >= 0.3 is 0 Å². The third kappa shape index (κ3) is 6.68. The van der Waals surface area contributed by atoms with Crippen LogP contribution in [0.2, 0.25) is 5.02 Å². The van der Waals surface area contributed by atoms with Crippen LogP contribution in [0.3, 0.4) is 0 Å². The van der Waals surface area contributed by atoms with Crippen LogP contribution in [0.15, 0.2) is 64.3 Å². The SMILES string of the molecule is O=C(N[C@H](Cc1ccc(Cl)cc1)C(=O)N1CCC(Cn2cncn2)(C2CCCCC2)CC1)c1cc(=O)c2c(O)cc(O)cc2o1. The van der Waals surface area contributed by atoms with Crippen LogP contribution in [0.5, 0.6) is 11.5 Å². The first-order chi connectivity index (χ1) is 21.7. The number of hydrogen-bond acceptors (Lipinski definition) is 8. The number of nitrogens with zero attached hydrogens (tertiary/aromatic N) is 4. The van der Waals surface area contributed by atoms with E-state index in [-0.39, 0.29) is 40.2 Å². The Labute approximate surface area is 264 Å². The van der Waals surface area contributed by atoms with Crippen molar-refractivity contribution >= 4 is 34.4 Å². The normalized spacial score (nSPS) is 17.7. The van der Waals surface area contributed by atoms with Gasteiger partial charge in [-0.15, -0.1) is 0 Å². The molecule has 236 valence electrons. The maximum Gasteiger partial charge on any atom is 0.287 e. The molecule has 3 heterocycles. The molecule has 0 bridgehead atoms. The molecule has 2 amide bonds. The van der Waals surface area contributed by atoms with E-state index in [9.17, 15) is 24.6 Å². The Morgan fingerprint density at radius 2 is 1.80 bits per heavy atom. The molecule has 1 saturated heterocycles.